The number of hydrogen-bond donors (Lipinski definition) is 0. The van der Waals surface area contributed by atoms with Gasteiger partial charge in [-0.25, -0.2) is 4.39 Å². The van der Waals surface area contributed by atoms with Crippen LogP contribution in [0, 0.1) is 19.7 Å². The molecule has 5 heteroatoms. The highest BCUT2D eigenvalue weighted by molar-refractivity contribution is 6.21. The Morgan fingerprint density at radius 1 is 1.18 bits per heavy atom. The molecule has 0 saturated heterocycles. The van der Waals surface area contributed by atoms with Crippen LogP contribution in [0.1, 0.15) is 34.9 Å². The molecule has 0 aromatic heterocycles. The van der Waals surface area contributed by atoms with Crippen molar-refractivity contribution in [2.75, 3.05) is 0 Å². The molecule has 1 aromatic rings. The first kappa shape index (κ1) is 14.3. The minimum Gasteiger partial charge on any atom is -0.207 e. The van der Waals surface area contributed by atoms with E-state index in [1.165, 1.54) is 12.1 Å². The van der Waals surface area contributed by atoms with Gasteiger partial charge in [0.25, 0.3) is 0 Å². The van der Waals surface area contributed by atoms with Crippen molar-refractivity contribution in [3.63, 3.8) is 0 Å². The van der Waals surface area contributed by atoms with Gasteiger partial charge in [-0.3, -0.25) is 0 Å². The van der Waals surface area contributed by atoms with Crippen LogP contribution in [0.3, 0.4) is 0 Å². The summed E-state index contributed by atoms with van der Waals surface area (Å²) >= 11 is 5.95. The summed E-state index contributed by atoms with van der Waals surface area (Å²) in [5.41, 5.74) is 1.77. The molecule has 1 atom stereocenters. The van der Waals surface area contributed by atoms with Gasteiger partial charge in [0.1, 0.15) is 5.82 Å². The Labute approximate surface area is 103 Å². The summed E-state index contributed by atoms with van der Waals surface area (Å²) in [6, 6.07) is 2.57. The maximum Gasteiger partial charge on any atom is 0.389 e. The summed E-state index contributed by atoms with van der Waals surface area (Å²) in [5, 5.41) is -0.739. The second-order valence-electron chi connectivity index (χ2n) is 4.07. The van der Waals surface area contributed by atoms with Crippen molar-refractivity contribution < 1.29 is 17.6 Å². The molecule has 0 saturated carbocycles. The number of halogens is 5. The number of alkyl halides is 4. The van der Waals surface area contributed by atoms with Crippen molar-refractivity contribution in [1.29, 1.82) is 0 Å². The Morgan fingerprint density at radius 2 is 1.65 bits per heavy atom. The third-order valence-corrected chi connectivity index (χ3v) is 2.99. The van der Waals surface area contributed by atoms with Crippen LogP contribution in [0.2, 0.25) is 0 Å². The third kappa shape index (κ3) is 4.19. The normalized spacial score (nSPS) is 13.8. The molecule has 0 N–H and O–H groups in total. The predicted octanol–water partition coefficient (Wildman–Crippen LogP) is 5.06. The molecule has 1 rings (SSSR count). The standard InChI is InChI=1S/C12H13ClF4/c1-7-5-9(14)6-8(2)11(7)10(13)3-4-12(15,16)17/h5-6,10H,3-4H2,1-2H3. The zero-order valence-corrected chi connectivity index (χ0v) is 10.3. The highest BCUT2D eigenvalue weighted by Gasteiger charge is 2.29. The fourth-order valence-corrected chi connectivity index (χ4v) is 2.30. The van der Waals surface area contributed by atoms with Crippen LogP contribution in [-0.4, -0.2) is 6.18 Å². The average molecular weight is 269 g/mol. The van der Waals surface area contributed by atoms with Gasteiger partial charge >= 0.3 is 6.18 Å². The van der Waals surface area contributed by atoms with Crippen LogP contribution in [0.4, 0.5) is 17.6 Å². The molecule has 0 fully saturated rings. The van der Waals surface area contributed by atoms with E-state index in [1.54, 1.807) is 13.8 Å². The van der Waals surface area contributed by atoms with Crippen LogP contribution in [0.25, 0.3) is 0 Å². The molecule has 0 spiro atoms. The molecule has 0 nitrogen and oxygen atoms in total. The van der Waals surface area contributed by atoms with Crippen molar-refractivity contribution in [2.45, 2.75) is 38.2 Å². The maximum absolute atomic E-state index is 13.0. The quantitative estimate of drug-likeness (QED) is 0.531. The Hall–Kier alpha value is -0.770. The van der Waals surface area contributed by atoms with Gasteiger partial charge in [0.2, 0.25) is 0 Å². The SMILES string of the molecule is Cc1cc(F)cc(C)c1C(Cl)CCC(F)(F)F. The topological polar surface area (TPSA) is 0 Å². The zero-order valence-electron chi connectivity index (χ0n) is 9.54. The van der Waals surface area contributed by atoms with E-state index < -0.39 is 23.8 Å². The van der Waals surface area contributed by atoms with Gasteiger partial charge in [-0.05, 0) is 49.1 Å². The number of benzene rings is 1. The third-order valence-electron chi connectivity index (χ3n) is 2.55. The van der Waals surface area contributed by atoms with Gasteiger partial charge < -0.3 is 0 Å². The van der Waals surface area contributed by atoms with E-state index in [9.17, 15) is 17.6 Å². The minimum atomic E-state index is -4.21. The molecule has 0 radical (unpaired) electrons. The Morgan fingerprint density at radius 3 is 2.06 bits per heavy atom. The van der Waals surface area contributed by atoms with Gasteiger partial charge in [0, 0.05) is 6.42 Å². The largest absolute Gasteiger partial charge is 0.389 e. The molecular formula is C12H13ClF4. The summed E-state index contributed by atoms with van der Waals surface area (Å²) in [6.45, 7) is 3.29. The van der Waals surface area contributed by atoms with Crippen molar-refractivity contribution in [2.24, 2.45) is 0 Å². The van der Waals surface area contributed by atoms with Crippen molar-refractivity contribution in [3.8, 4) is 0 Å². The van der Waals surface area contributed by atoms with Crippen LogP contribution in [0.5, 0.6) is 0 Å². The maximum atomic E-state index is 13.0. The molecule has 0 aliphatic rings. The molecule has 0 heterocycles. The van der Waals surface area contributed by atoms with Crippen LogP contribution in [0.15, 0.2) is 12.1 Å². The average Bonchev–Trinajstić information content (AvgIpc) is 2.11. The van der Waals surface area contributed by atoms with Gasteiger partial charge in [0.15, 0.2) is 0 Å². The molecule has 17 heavy (non-hydrogen) atoms. The van der Waals surface area contributed by atoms with Gasteiger partial charge in [-0.1, -0.05) is 0 Å². The fraction of sp³-hybridized carbons (Fsp3) is 0.500. The molecule has 0 aliphatic carbocycles. The van der Waals surface area contributed by atoms with E-state index in [1.807, 2.05) is 0 Å². The van der Waals surface area contributed by atoms with Crippen molar-refractivity contribution in [3.05, 3.63) is 34.6 Å². The van der Waals surface area contributed by atoms with E-state index in [0.29, 0.717) is 16.7 Å². The molecule has 0 aliphatic heterocycles. The lowest BCUT2D eigenvalue weighted by Gasteiger charge is -2.16. The molecule has 1 unspecified atom stereocenters. The Balaban J connectivity index is 2.86. The lowest BCUT2D eigenvalue weighted by atomic mass is 9.97. The lowest BCUT2D eigenvalue weighted by molar-refractivity contribution is -0.135. The summed E-state index contributed by atoms with van der Waals surface area (Å²) < 4.78 is 49.3. The smallest absolute Gasteiger partial charge is 0.207 e. The molecular weight excluding hydrogens is 256 g/mol. The van der Waals surface area contributed by atoms with E-state index in [4.69, 9.17) is 11.6 Å². The van der Waals surface area contributed by atoms with E-state index in [0.717, 1.165) is 0 Å². The summed E-state index contributed by atoms with van der Waals surface area (Å²) in [4.78, 5) is 0. The molecule has 96 valence electrons. The predicted molar refractivity (Wildman–Crippen MR) is 59.8 cm³/mol. The van der Waals surface area contributed by atoms with Crippen LogP contribution in [-0.2, 0) is 0 Å². The second-order valence-corrected chi connectivity index (χ2v) is 4.60. The second kappa shape index (κ2) is 5.25. The highest BCUT2D eigenvalue weighted by Crippen LogP contribution is 2.35. The molecule has 0 bridgehead atoms. The first-order valence-electron chi connectivity index (χ1n) is 5.18. The molecule has 1 aromatic carbocycles. The van der Waals surface area contributed by atoms with E-state index >= 15 is 0 Å². The number of aryl methyl sites for hydroxylation is 2. The Bertz CT molecular complexity index is 375. The minimum absolute atomic E-state index is 0.196. The summed E-state index contributed by atoms with van der Waals surface area (Å²) in [6.07, 6.45) is -5.34. The van der Waals surface area contributed by atoms with E-state index in [2.05, 4.69) is 0 Å². The number of rotatable bonds is 3. The first-order valence-corrected chi connectivity index (χ1v) is 5.62. The Kier molecular flexibility index (Phi) is 4.42. The number of hydrogen-bond acceptors (Lipinski definition) is 0. The first-order chi connectivity index (χ1) is 7.70. The zero-order chi connectivity index (χ0) is 13.2. The van der Waals surface area contributed by atoms with Gasteiger partial charge in [-0.2, -0.15) is 13.2 Å². The lowest BCUT2D eigenvalue weighted by Crippen LogP contribution is -2.09. The summed E-state index contributed by atoms with van der Waals surface area (Å²) in [5.74, 6) is -0.400. The van der Waals surface area contributed by atoms with Crippen LogP contribution >= 0.6 is 11.6 Å². The fourth-order valence-electron chi connectivity index (χ4n) is 1.85. The van der Waals surface area contributed by atoms with Crippen LogP contribution < -0.4 is 0 Å². The van der Waals surface area contributed by atoms with E-state index in [-0.39, 0.29) is 6.42 Å². The van der Waals surface area contributed by atoms with Gasteiger partial charge in [0.05, 0.1) is 5.38 Å². The van der Waals surface area contributed by atoms with Gasteiger partial charge in [-0.15, -0.1) is 11.6 Å². The summed E-state index contributed by atoms with van der Waals surface area (Å²) in [7, 11) is 0. The van der Waals surface area contributed by atoms with Crippen molar-refractivity contribution >= 4 is 11.6 Å². The monoisotopic (exact) mass is 268 g/mol. The molecule has 0 amide bonds. The highest BCUT2D eigenvalue weighted by atomic mass is 35.5. The van der Waals surface area contributed by atoms with Crippen molar-refractivity contribution in [1.82, 2.24) is 0 Å².